The van der Waals surface area contributed by atoms with Crippen LogP contribution in [0.2, 0.25) is 0 Å². The maximum atomic E-state index is 13.0. The summed E-state index contributed by atoms with van der Waals surface area (Å²) >= 11 is 0. The number of nitrogens with zero attached hydrogens (tertiary/aromatic N) is 3. The molecule has 1 aliphatic heterocycles. The molecule has 3 heterocycles. The molecule has 1 aromatic carbocycles. The molecule has 1 atom stereocenters. The first kappa shape index (κ1) is 14.3. The Labute approximate surface area is 139 Å². The number of aromatic amines is 1. The number of carbonyl (C=O) groups is 1. The van der Waals surface area contributed by atoms with Gasteiger partial charge in [0.25, 0.3) is 5.91 Å². The number of H-pyrrole nitrogens is 1. The lowest BCUT2D eigenvalue weighted by atomic mass is 9.99. The van der Waals surface area contributed by atoms with Gasteiger partial charge in [0.05, 0.1) is 11.6 Å². The van der Waals surface area contributed by atoms with E-state index in [4.69, 9.17) is 5.26 Å². The largest absolute Gasteiger partial charge is 0.356 e. The summed E-state index contributed by atoms with van der Waals surface area (Å²) in [6.45, 7) is 1.39. The van der Waals surface area contributed by atoms with Crippen LogP contribution in [-0.4, -0.2) is 26.9 Å². The fourth-order valence-corrected chi connectivity index (χ4v) is 3.33. The lowest BCUT2D eigenvalue weighted by Gasteiger charge is -2.37. The third kappa shape index (κ3) is 2.29. The first-order valence-electron chi connectivity index (χ1n) is 7.87. The summed E-state index contributed by atoms with van der Waals surface area (Å²) in [5.41, 5.74) is 3.10. The molecule has 1 N–H and O–H groups in total. The molecule has 24 heavy (non-hydrogen) atoms. The smallest absolute Gasteiger partial charge is 0.271 e. The summed E-state index contributed by atoms with van der Waals surface area (Å²) < 4.78 is 2.19. The number of hydrogen-bond acceptors (Lipinski definition) is 2. The first-order valence-corrected chi connectivity index (χ1v) is 7.87. The van der Waals surface area contributed by atoms with Crippen molar-refractivity contribution in [2.45, 2.75) is 12.6 Å². The molecular weight excluding hydrogens is 300 g/mol. The predicted octanol–water partition coefficient (Wildman–Crippen LogP) is 2.93. The Morgan fingerprint density at radius 1 is 1.17 bits per heavy atom. The zero-order valence-corrected chi connectivity index (χ0v) is 13.0. The van der Waals surface area contributed by atoms with Crippen LogP contribution in [0.5, 0.6) is 0 Å². The van der Waals surface area contributed by atoms with Gasteiger partial charge < -0.3 is 14.5 Å². The van der Waals surface area contributed by atoms with E-state index in [1.165, 1.54) is 0 Å². The summed E-state index contributed by atoms with van der Waals surface area (Å²) in [6, 6.07) is 17.7. The molecule has 4 rings (SSSR count). The van der Waals surface area contributed by atoms with E-state index in [-0.39, 0.29) is 11.9 Å². The molecule has 0 spiro atoms. The topological polar surface area (TPSA) is 64.8 Å². The lowest BCUT2D eigenvalue weighted by molar-refractivity contribution is 0.0658. The van der Waals surface area contributed by atoms with E-state index in [1.54, 1.807) is 12.3 Å². The maximum Gasteiger partial charge on any atom is 0.271 e. The Morgan fingerprint density at radius 2 is 2.00 bits per heavy atom. The van der Waals surface area contributed by atoms with E-state index >= 15 is 0 Å². The van der Waals surface area contributed by atoms with Crippen LogP contribution in [0, 0.1) is 11.3 Å². The maximum absolute atomic E-state index is 13.0. The Hall–Kier alpha value is -3.26. The van der Waals surface area contributed by atoms with Crippen LogP contribution < -0.4 is 0 Å². The van der Waals surface area contributed by atoms with Gasteiger partial charge in [0, 0.05) is 31.2 Å². The van der Waals surface area contributed by atoms with Crippen molar-refractivity contribution in [3.05, 3.63) is 83.4 Å². The van der Waals surface area contributed by atoms with E-state index in [0.717, 1.165) is 17.8 Å². The predicted molar refractivity (Wildman–Crippen MR) is 89.3 cm³/mol. The molecule has 1 unspecified atom stereocenters. The number of carbonyl (C=O) groups excluding carboxylic acids is 1. The van der Waals surface area contributed by atoms with Crippen molar-refractivity contribution in [2.75, 3.05) is 6.54 Å². The zero-order chi connectivity index (χ0) is 16.5. The van der Waals surface area contributed by atoms with Crippen LogP contribution in [-0.2, 0) is 6.54 Å². The van der Waals surface area contributed by atoms with Gasteiger partial charge in [-0.3, -0.25) is 4.79 Å². The molecule has 1 amide bonds. The number of amides is 1. The summed E-state index contributed by atoms with van der Waals surface area (Å²) in [7, 11) is 0. The lowest BCUT2D eigenvalue weighted by Crippen LogP contribution is -2.42. The number of rotatable bonds is 2. The van der Waals surface area contributed by atoms with Gasteiger partial charge in [-0.1, -0.05) is 30.3 Å². The fraction of sp³-hybridized carbons (Fsp3) is 0.158. The molecule has 1 aliphatic rings. The summed E-state index contributed by atoms with van der Waals surface area (Å²) in [5, 5.41) is 8.98. The molecule has 3 aromatic rings. The third-order valence-electron chi connectivity index (χ3n) is 4.46. The number of fused-ring (bicyclic) bond motifs is 1. The van der Waals surface area contributed by atoms with Crippen molar-refractivity contribution in [3.63, 3.8) is 0 Å². The van der Waals surface area contributed by atoms with Crippen molar-refractivity contribution in [1.29, 1.82) is 5.26 Å². The van der Waals surface area contributed by atoms with Gasteiger partial charge in [0.1, 0.15) is 11.8 Å². The second kappa shape index (κ2) is 5.74. The molecule has 0 bridgehead atoms. The third-order valence-corrected chi connectivity index (χ3v) is 4.46. The van der Waals surface area contributed by atoms with E-state index in [2.05, 4.69) is 27.9 Å². The highest BCUT2D eigenvalue weighted by Crippen LogP contribution is 2.33. The summed E-state index contributed by atoms with van der Waals surface area (Å²) in [4.78, 5) is 17.8. The Bertz CT molecular complexity index is 916. The van der Waals surface area contributed by atoms with Gasteiger partial charge >= 0.3 is 0 Å². The fourth-order valence-electron chi connectivity index (χ4n) is 3.33. The van der Waals surface area contributed by atoms with Gasteiger partial charge in [-0.15, -0.1) is 0 Å². The van der Waals surface area contributed by atoms with Crippen molar-refractivity contribution in [3.8, 4) is 6.07 Å². The SMILES string of the molecule is N#Cc1c[nH]c(C(=O)N2CCn3cccc3C2c2ccccc2)c1. The number of benzene rings is 1. The number of nitriles is 1. The molecule has 0 aliphatic carbocycles. The van der Waals surface area contributed by atoms with Gasteiger partial charge in [0.2, 0.25) is 0 Å². The van der Waals surface area contributed by atoms with Gasteiger partial charge in [-0.25, -0.2) is 0 Å². The van der Waals surface area contributed by atoms with E-state index in [0.29, 0.717) is 17.8 Å². The van der Waals surface area contributed by atoms with E-state index in [9.17, 15) is 4.79 Å². The minimum atomic E-state index is -0.128. The van der Waals surface area contributed by atoms with Crippen molar-refractivity contribution in [2.24, 2.45) is 0 Å². The average Bonchev–Trinajstić information content (AvgIpc) is 3.30. The van der Waals surface area contributed by atoms with E-state index < -0.39 is 0 Å². The number of aromatic nitrogens is 2. The average molecular weight is 316 g/mol. The van der Waals surface area contributed by atoms with Crippen LogP contribution in [0.4, 0.5) is 0 Å². The monoisotopic (exact) mass is 316 g/mol. The van der Waals surface area contributed by atoms with Crippen molar-refractivity contribution < 1.29 is 4.79 Å². The molecule has 0 saturated heterocycles. The second-order valence-corrected chi connectivity index (χ2v) is 5.85. The van der Waals surface area contributed by atoms with Crippen molar-refractivity contribution >= 4 is 5.91 Å². The zero-order valence-electron chi connectivity index (χ0n) is 13.0. The van der Waals surface area contributed by atoms with Gasteiger partial charge in [-0.05, 0) is 23.8 Å². The Morgan fingerprint density at radius 3 is 2.75 bits per heavy atom. The van der Waals surface area contributed by atoms with Crippen LogP contribution >= 0.6 is 0 Å². The number of hydrogen-bond donors (Lipinski definition) is 1. The van der Waals surface area contributed by atoms with E-state index in [1.807, 2.05) is 41.3 Å². The Kier molecular flexibility index (Phi) is 3.43. The highest BCUT2D eigenvalue weighted by atomic mass is 16.2. The summed E-state index contributed by atoms with van der Waals surface area (Å²) in [5.74, 6) is -0.0854. The molecule has 5 heteroatoms. The number of nitrogens with one attached hydrogen (secondary N) is 1. The summed E-state index contributed by atoms with van der Waals surface area (Å²) in [6.07, 6.45) is 3.62. The highest BCUT2D eigenvalue weighted by Gasteiger charge is 2.33. The van der Waals surface area contributed by atoms with Crippen molar-refractivity contribution in [1.82, 2.24) is 14.5 Å². The Balaban J connectivity index is 1.76. The molecule has 118 valence electrons. The van der Waals surface area contributed by atoms with Gasteiger partial charge in [0.15, 0.2) is 0 Å². The van der Waals surface area contributed by atoms with Crippen LogP contribution in [0.15, 0.2) is 60.9 Å². The highest BCUT2D eigenvalue weighted by molar-refractivity contribution is 5.93. The minimum Gasteiger partial charge on any atom is -0.356 e. The van der Waals surface area contributed by atoms with Crippen LogP contribution in [0.1, 0.15) is 33.4 Å². The molecule has 2 aromatic heterocycles. The standard InChI is InChI=1S/C19H16N4O/c20-12-14-11-16(21-13-14)19(24)23-10-9-22-8-4-7-17(22)18(23)15-5-2-1-3-6-15/h1-8,11,13,18,21H,9-10H2. The molecule has 0 radical (unpaired) electrons. The minimum absolute atomic E-state index is 0.0854. The van der Waals surface area contributed by atoms with Crippen LogP contribution in [0.3, 0.4) is 0 Å². The normalized spacial score (nSPS) is 16.5. The molecule has 0 fully saturated rings. The second-order valence-electron chi connectivity index (χ2n) is 5.85. The van der Waals surface area contributed by atoms with Crippen LogP contribution in [0.25, 0.3) is 0 Å². The first-order chi connectivity index (χ1) is 11.8. The molecule has 5 nitrogen and oxygen atoms in total. The van der Waals surface area contributed by atoms with Gasteiger partial charge in [-0.2, -0.15) is 5.26 Å². The molecule has 0 saturated carbocycles. The molecular formula is C19H16N4O. The quantitative estimate of drug-likeness (QED) is 0.790.